The highest BCUT2D eigenvalue weighted by molar-refractivity contribution is 7.90. The van der Waals surface area contributed by atoms with Crippen molar-refractivity contribution >= 4 is 22.1 Å². The molecular weight excluding hydrogens is 362 g/mol. The largest absolute Gasteiger partial charge is 0.394 e. The lowest BCUT2D eigenvalue weighted by Crippen LogP contribution is -2.33. The van der Waals surface area contributed by atoms with Gasteiger partial charge in [-0.2, -0.15) is 0 Å². The summed E-state index contributed by atoms with van der Waals surface area (Å²) in [6, 6.07) is 0. The number of H-pyrrole nitrogens is 1. The molecule has 0 bridgehead atoms. The van der Waals surface area contributed by atoms with Crippen LogP contribution in [0.4, 0.5) is 0 Å². The number of ether oxygens (including phenoxy) is 1. The Balaban J connectivity index is 2.41. The molecule has 4 atom stereocenters. The van der Waals surface area contributed by atoms with Gasteiger partial charge >= 0.3 is 5.69 Å². The smallest absolute Gasteiger partial charge is 0.327 e. The molecule has 12 heteroatoms. The first-order chi connectivity index (χ1) is 11.2. The van der Waals surface area contributed by atoms with Gasteiger partial charge in [-0.1, -0.05) is 12.2 Å². The third-order valence-electron chi connectivity index (χ3n) is 3.65. The van der Waals surface area contributed by atoms with Crippen LogP contribution in [0.15, 0.2) is 11.0 Å². The lowest BCUT2D eigenvalue weighted by Gasteiger charge is -2.16. The van der Waals surface area contributed by atoms with Crippen molar-refractivity contribution in [3.63, 3.8) is 0 Å². The van der Waals surface area contributed by atoms with Crippen molar-refractivity contribution in [2.24, 2.45) is 5.73 Å². The van der Waals surface area contributed by atoms with Crippen LogP contribution in [0, 0.1) is 4.64 Å². The average Bonchev–Trinajstić information content (AvgIpc) is 2.77. The van der Waals surface area contributed by atoms with Gasteiger partial charge in [0.25, 0.3) is 0 Å². The molecule has 0 amide bonds. The zero-order chi connectivity index (χ0) is 18.1. The van der Waals surface area contributed by atoms with E-state index in [-0.39, 0.29) is 22.5 Å². The van der Waals surface area contributed by atoms with Gasteiger partial charge in [-0.3, -0.25) is 9.55 Å². The van der Waals surface area contributed by atoms with Crippen LogP contribution in [-0.4, -0.2) is 70.5 Å². The molecule has 1 aromatic heterocycles. The molecule has 0 aromatic carbocycles. The molecule has 1 aliphatic heterocycles. The Bertz CT molecular complexity index is 804. The molecule has 2 rings (SSSR count). The second kappa shape index (κ2) is 7.39. The van der Waals surface area contributed by atoms with E-state index >= 15 is 0 Å². The summed E-state index contributed by atoms with van der Waals surface area (Å²) in [5.41, 5.74) is 4.62. The fraction of sp³-hybridized carbons (Fsp3) is 0.667. The Morgan fingerprint density at radius 2 is 2.04 bits per heavy atom. The predicted octanol–water partition coefficient (Wildman–Crippen LogP) is -2.61. The molecule has 0 radical (unpaired) electrons. The van der Waals surface area contributed by atoms with Crippen LogP contribution in [0.3, 0.4) is 0 Å². The van der Waals surface area contributed by atoms with Crippen LogP contribution in [-0.2, 0) is 20.5 Å². The summed E-state index contributed by atoms with van der Waals surface area (Å²) in [4.78, 5) is 14.2. The fourth-order valence-corrected chi connectivity index (χ4v) is 3.80. The van der Waals surface area contributed by atoms with Crippen molar-refractivity contribution < 1.29 is 28.5 Å². The van der Waals surface area contributed by atoms with Gasteiger partial charge in [-0.15, -0.1) is 0 Å². The molecule has 0 unspecified atom stereocenters. The SMILES string of the molecule is NCCS(=O)(=O)Cn1cc([C@@H]2O[C@H](CO)[C@@H](O)[C@H]2O)c(=S)[nH]c1=O. The topological polar surface area (TPSA) is 168 Å². The Hall–Kier alpha value is -1.15. The molecule has 1 saturated heterocycles. The summed E-state index contributed by atoms with van der Waals surface area (Å²) in [6.45, 7) is -0.600. The molecule has 10 nitrogen and oxygen atoms in total. The van der Waals surface area contributed by atoms with Crippen LogP contribution in [0.25, 0.3) is 0 Å². The van der Waals surface area contributed by atoms with Crippen molar-refractivity contribution in [3.8, 4) is 0 Å². The van der Waals surface area contributed by atoms with E-state index in [1.807, 2.05) is 0 Å². The number of aromatic nitrogens is 2. The van der Waals surface area contributed by atoms with E-state index in [0.29, 0.717) is 0 Å². The Morgan fingerprint density at radius 1 is 1.38 bits per heavy atom. The van der Waals surface area contributed by atoms with Crippen LogP contribution in [0.2, 0.25) is 0 Å². The van der Waals surface area contributed by atoms with Gasteiger partial charge in [-0.25, -0.2) is 13.2 Å². The summed E-state index contributed by atoms with van der Waals surface area (Å²) >= 11 is 5.02. The number of nitrogens with one attached hydrogen (secondary N) is 1. The van der Waals surface area contributed by atoms with Crippen molar-refractivity contribution in [3.05, 3.63) is 26.9 Å². The normalized spacial score (nSPS) is 27.5. The molecule has 1 aliphatic rings. The van der Waals surface area contributed by atoms with Crippen molar-refractivity contribution in [1.82, 2.24) is 9.55 Å². The van der Waals surface area contributed by atoms with Gasteiger partial charge in [-0.05, 0) is 0 Å². The van der Waals surface area contributed by atoms with Crippen LogP contribution < -0.4 is 11.4 Å². The monoisotopic (exact) mass is 381 g/mol. The number of aliphatic hydroxyl groups is 3. The Kier molecular flexibility index (Phi) is 5.91. The molecular formula is C12H19N3O7S2. The number of nitrogens with two attached hydrogens (primary N) is 1. The maximum absolute atomic E-state index is 11.9. The summed E-state index contributed by atoms with van der Waals surface area (Å²) in [7, 11) is -3.61. The first-order valence-electron chi connectivity index (χ1n) is 7.06. The van der Waals surface area contributed by atoms with E-state index in [1.165, 1.54) is 0 Å². The molecule has 136 valence electrons. The minimum absolute atomic E-state index is 0.0534. The van der Waals surface area contributed by atoms with Gasteiger partial charge in [0.15, 0.2) is 9.84 Å². The molecule has 6 N–H and O–H groups in total. The lowest BCUT2D eigenvalue weighted by atomic mass is 10.0. The predicted molar refractivity (Wildman–Crippen MR) is 85.4 cm³/mol. The highest BCUT2D eigenvalue weighted by atomic mass is 32.2. The standard InChI is InChI=1S/C12H19N3O7S2/c13-1-2-24(20,21)5-15-3-6(11(23)14-12(15)19)10-9(18)8(17)7(4-16)22-10/h3,7-10,16-18H,1-2,4-5,13H2,(H,14,19,23)/t7-,8-,9-,10+/m1/s1. The minimum atomic E-state index is -3.61. The zero-order valence-electron chi connectivity index (χ0n) is 12.5. The third kappa shape index (κ3) is 3.91. The second-order valence-electron chi connectivity index (χ2n) is 5.44. The lowest BCUT2D eigenvalue weighted by molar-refractivity contribution is -0.0231. The van der Waals surface area contributed by atoms with Crippen molar-refractivity contribution in [2.75, 3.05) is 18.9 Å². The third-order valence-corrected chi connectivity index (χ3v) is 5.52. The van der Waals surface area contributed by atoms with E-state index in [1.54, 1.807) is 0 Å². The van der Waals surface area contributed by atoms with E-state index in [2.05, 4.69) is 4.98 Å². The maximum Gasteiger partial charge on any atom is 0.327 e. The van der Waals surface area contributed by atoms with Gasteiger partial charge in [0.2, 0.25) is 0 Å². The number of nitrogens with zero attached hydrogens (tertiary/aromatic N) is 1. The Labute approximate surface area is 142 Å². The molecule has 24 heavy (non-hydrogen) atoms. The highest BCUT2D eigenvalue weighted by Gasteiger charge is 2.43. The van der Waals surface area contributed by atoms with E-state index in [4.69, 9.17) is 27.8 Å². The maximum atomic E-state index is 11.9. The molecule has 0 saturated carbocycles. The van der Waals surface area contributed by atoms with Crippen LogP contribution >= 0.6 is 12.2 Å². The minimum Gasteiger partial charge on any atom is -0.394 e. The molecule has 2 heterocycles. The second-order valence-corrected chi connectivity index (χ2v) is 8.00. The first-order valence-corrected chi connectivity index (χ1v) is 9.29. The molecule has 0 spiro atoms. The highest BCUT2D eigenvalue weighted by Crippen LogP contribution is 2.33. The van der Waals surface area contributed by atoms with Crippen molar-refractivity contribution in [1.29, 1.82) is 0 Å². The number of aliphatic hydroxyl groups excluding tert-OH is 3. The zero-order valence-corrected chi connectivity index (χ0v) is 14.2. The average molecular weight is 381 g/mol. The van der Waals surface area contributed by atoms with Gasteiger partial charge in [0.1, 0.15) is 34.9 Å². The fourth-order valence-electron chi connectivity index (χ4n) is 2.44. The number of hydrogen-bond donors (Lipinski definition) is 5. The quantitative estimate of drug-likeness (QED) is 0.332. The summed E-state index contributed by atoms with van der Waals surface area (Å²) < 4.78 is 29.9. The summed E-state index contributed by atoms with van der Waals surface area (Å²) in [5.74, 6) is -0.908. The van der Waals surface area contributed by atoms with Gasteiger partial charge in [0, 0.05) is 18.3 Å². The number of sulfone groups is 1. The summed E-state index contributed by atoms with van der Waals surface area (Å²) in [5, 5.41) is 29.0. The van der Waals surface area contributed by atoms with E-state index in [0.717, 1.165) is 10.8 Å². The molecule has 1 aromatic rings. The van der Waals surface area contributed by atoms with E-state index < -0.39 is 52.4 Å². The number of hydrogen-bond acceptors (Lipinski definition) is 9. The summed E-state index contributed by atoms with van der Waals surface area (Å²) in [6.07, 6.45) is -3.68. The number of aromatic amines is 1. The molecule has 0 aliphatic carbocycles. The van der Waals surface area contributed by atoms with Crippen LogP contribution in [0.1, 0.15) is 11.7 Å². The van der Waals surface area contributed by atoms with E-state index in [9.17, 15) is 23.4 Å². The first kappa shape index (κ1) is 19.2. The van der Waals surface area contributed by atoms with Crippen molar-refractivity contribution in [2.45, 2.75) is 30.3 Å². The van der Waals surface area contributed by atoms with Gasteiger partial charge in [0.05, 0.1) is 12.4 Å². The Morgan fingerprint density at radius 3 is 2.58 bits per heavy atom. The number of rotatable bonds is 6. The molecule has 1 fully saturated rings. The van der Waals surface area contributed by atoms with Crippen LogP contribution in [0.5, 0.6) is 0 Å². The van der Waals surface area contributed by atoms with Gasteiger partial charge < -0.3 is 25.8 Å².